The van der Waals surface area contributed by atoms with Crippen LogP contribution < -0.4 is 4.74 Å². The van der Waals surface area contributed by atoms with Crippen molar-refractivity contribution < 1.29 is 14.3 Å². The number of likely N-dealkylation sites (tertiary alicyclic amines) is 1. The van der Waals surface area contributed by atoms with E-state index in [4.69, 9.17) is 9.47 Å². The number of rotatable bonds is 3. The molecule has 2 fully saturated rings. The van der Waals surface area contributed by atoms with Crippen molar-refractivity contribution >= 4 is 6.09 Å². The van der Waals surface area contributed by atoms with Gasteiger partial charge in [-0.2, -0.15) is 0 Å². The normalized spacial score (nSPS) is 19.5. The van der Waals surface area contributed by atoms with Gasteiger partial charge in [0.05, 0.1) is 0 Å². The van der Waals surface area contributed by atoms with E-state index >= 15 is 0 Å². The third-order valence-corrected chi connectivity index (χ3v) is 4.33. The van der Waals surface area contributed by atoms with Gasteiger partial charge in [0.1, 0.15) is 17.5 Å². The highest BCUT2D eigenvalue weighted by Crippen LogP contribution is 2.40. The average molecular weight is 317 g/mol. The van der Waals surface area contributed by atoms with Gasteiger partial charge in [-0.25, -0.2) is 4.79 Å². The van der Waals surface area contributed by atoms with Gasteiger partial charge in [-0.05, 0) is 57.2 Å². The molecule has 1 aromatic rings. The van der Waals surface area contributed by atoms with Crippen LogP contribution >= 0.6 is 0 Å². The minimum absolute atomic E-state index is 0.181. The topological polar surface area (TPSA) is 38.8 Å². The lowest BCUT2D eigenvalue weighted by atomic mass is 10.1. The number of ether oxygens (including phenoxy) is 2. The maximum absolute atomic E-state index is 12.0. The maximum atomic E-state index is 12.0. The van der Waals surface area contributed by atoms with Crippen molar-refractivity contribution in [3.8, 4) is 5.75 Å². The number of nitrogens with zero attached hydrogens (tertiary/aromatic N) is 1. The highest BCUT2D eigenvalue weighted by molar-refractivity contribution is 5.68. The molecule has 0 bridgehead atoms. The standard InChI is InChI=1S/C19H27NO3/c1-19(2,3)23-18(21)20-12-10-17(11-13-20)22-16-8-6-15(7-9-16)14-4-5-14/h6-9,14,17H,4-5,10-13H2,1-3H3. The highest BCUT2D eigenvalue weighted by Gasteiger charge is 2.28. The lowest BCUT2D eigenvalue weighted by Crippen LogP contribution is -2.44. The van der Waals surface area contributed by atoms with Crippen LogP contribution in [0.5, 0.6) is 5.75 Å². The van der Waals surface area contributed by atoms with E-state index in [2.05, 4.69) is 24.3 Å². The highest BCUT2D eigenvalue weighted by atomic mass is 16.6. The Hall–Kier alpha value is -1.71. The van der Waals surface area contributed by atoms with Crippen molar-refractivity contribution in [1.29, 1.82) is 0 Å². The molecule has 0 spiro atoms. The van der Waals surface area contributed by atoms with Crippen LogP contribution in [0.2, 0.25) is 0 Å². The Bertz CT molecular complexity index is 535. The van der Waals surface area contributed by atoms with Gasteiger partial charge in [0, 0.05) is 25.9 Å². The van der Waals surface area contributed by atoms with Gasteiger partial charge < -0.3 is 14.4 Å². The lowest BCUT2D eigenvalue weighted by molar-refractivity contribution is 0.0126. The van der Waals surface area contributed by atoms with Crippen LogP contribution in [-0.4, -0.2) is 35.8 Å². The summed E-state index contributed by atoms with van der Waals surface area (Å²) in [5.41, 5.74) is 0.991. The van der Waals surface area contributed by atoms with E-state index in [0.717, 1.165) is 24.5 Å². The molecule has 126 valence electrons. The SMILES string of the molecule is CC(C)(C)OC(=O)N1CCC(Oc2ccc(C3CC3)cc2)CC1. The molecule has 0 atom stereocenters. The fourth-order valence-corrected chi connectivity index (χ4v) is 2.91. The first-order valence-electron chi connectivity index (χ1n) is 8.65. The Balaban J connectivity index is 1.46. The number of amides is 1. The molecule has 1 aromatic carbocycles. The Morgan fingerprint density at radius 3 is 2.17 bits per heavy atom. The molecular weight excluding hydrogens is 290 g/mol. The number of piperidine rings is 1. The first-order chi connectivity index (χ1) is 10.9. The number of hydrogen-bond acceptors (Lipinski definition) is 3. The average Bonchev–Trinajstić information content (AvgIpc) is 3.32. The predicted octanol–water partition coefficient (Wildman–Crippen LogP) is 4.34. The van der Waals surface area contributed by atoms with Crippen molar-refractivity contribution in [2.24, 2.45) is 0 Å². The molecule has 1 aliphatic carbocycles. The van der Waals surface area contributed by atoms with Gasteiger partial charge in [0.2, 0.25) is 0 Å². The summed E-state index contributed by atoms with van der Waals surface area (Å²) < 4.78 is 11.5. The fraction of sp³-hybridized carbons (Fsp3) is 0.632. The van der Waals surface area contributed by atoms with Gasteiger partial charge in [-0.15, -0.1) is 0 Å². The van der Waals surface area contributed by atoms with Crippen LogP contribution in [0.1, 0.15) is 57.9 Å². The predicted molar refractivity (Wildman–Crippen MR) is 89.9 cm³/mol. The Morgan fingerprint density at radius 2 is 1.65 bits per heavy atom. The third kappa shape index (κ3) is 4.63. The number of carbonyl (C=O) groups is 1. The van der Waals surface area contributed by atoms with Crippen LogP contribution in [0.15, 0.2) is 24.3 Å². The molecule has 1 amide bonds. The van der Waals surface area contributed by atoms with Crippen molar-refractivity contribution in [3.05, 3.63) is 29.8 Å². The quantitative estimate of drug-likeness (QED) is 0.832. The molecule has 1 saturated heterocycles. The molecular formula is C19H27NO3. The molecule has 3 rings (SSSR count). The molecule has 23 heavy (non-hydrogen) atoms. The minimum atomic E-state index is -0.437. The van der Waals surface area contributed by atoms with Crippen LogP contribution in [0.4, 0.5) is 4.79 Å². The molecule has 2 aliphatic rings. The van der Waals surface area contributed by atoms with E-state index in [-0.39, 0.29) is 12.2 Å². The van der Waals surface area contributed by atoms with E-state index < -0.39 is 5.60 Å². The Kier molecular flexibility index (Phi) is 4.51. The summed E-state index contributed by atoms with van der Waals surface area (Å²) in [6.07, 6.45) is 4.31. The molecule has 0 radical (unpaired) electrons. The lowest BCUT2D eigenvalue weighted by Gasteiger charge is -2.33. The van der Waals surface area contributed by atoms with Crippen LogP contribution in [0.25, 0.3) is 0 Å². The Morgan fingerprint density at radius 1 is 1.04 bits per heavy atom. The molecule has 4 nitrogen and oxygen atoms in total. The second-order valence-corrected chi connectivity index (χ2v) is 7.63. The maximum Gasteiger partial charge on any atom is 0.410 e. The first kappa shape index (κ1) is 16.2. The van der Waals surface area contributed by atoms with Gasteiger partial charge in [-0.3, -0.25) is 0 Å². The first-order valence-corrected chi connectivity index (χ1v) is 8.65. The Labute approximate surface area is 138 Å². The monoisotopic (exact) mass is 317 g/mol. The summed E-state index contributed by atoms with van der Waals surface area (Å²) in [5, 5.41) is 0. The zero-order valence-electron chi connectivity index (χ0n) is 14.4. The summed E-state index contributed by atoms with van der Waals surface area (Å²) in [7, 11) is 0. The van der Waals surface area contributed by atoms with Crippen LogP contribution in [0.3, 0.4) is 0 Å². The summed E-state index contributed by atoms with van der Waals surface area (Å²) >= 11 is 0. The second kappa shape index (κ2) is 6.42. The van der Waals surface area contributed by atoms with Crippen molar-refractivity contribution in [3.63, 3.8) is 0 Å². The van der Waals surface area contributed by atoms with Crippen molar-refractivity contribution in [2.45, 2.75) is 64.1 Å². The van der Waals surface area contributed by atoms with E-state index in [0.29, 0.717) is 13.1 Å². The fourth-order valence-electron chi connectivity index (χ4n) is 2.91. The molecule has 0 unspecified atom stereocenters. The van der Waals surface area contributed by atoms with E-state index in [9.17, 15) is 4.79 Å². The number of carbonyl (C=O) groups excluding carboxylic acids is 1. The van der Waals surface area contributed by atoms with Gasteiger partial charge >= 0.3 is 6.09 Å². The second-order valence-electron chi connectivity index (χ2n) is 7.63. The smallest absolute Gasteiger partial charge is 0.410 e. The molecule has 1 aliphatic heterocycles. The molecule has 0 N–H and O–H groups in total. The van der Waals surface area contributed by atoms with Crippen LogP contribution in [-0.2, 0) is 4.74 Å². The largest absolute Gasteiger partial charge is 0.490 e. The minimum Gasteiger partial charge on any atom is -0.490 e. The van der Waals surface area contributed by atoms with Gasteiger partial charge in [-0.1, -0.05) is 12.1 Å². The summed E-state index contributed by atoms with van der Waals surface area (Å²) in [6, 6.07) is 8.52. The summed E-state index contributed by atoms with van der Waals surface area (Å²) in [5.74, 6) is 1.71. The third-order valence-electron chi connectivity index (χ3n) is 4.33. The number of hydrogen-bond donors (Lipinski definition) is 0. The zero-order valence-corrected chi connectivity index (χ0v) is 14.4. The van der Waals surface area contributed by atoms with Crippen LogP contribution in [0, 0.1) is 0 Å². The molecule has 4 heteroatoms. The summed E-state index contributed by atoms with van der Waals surface area (Å²) in [6.45, 7) is 7.07. The van der Waals surface area contributed by atoms with E-state index in [1.54, 1.807) is 4.90 Å². The van der Waals surface area contributed by atoms with Crippen molar-refractivity contribution in [1.82, 2.24) is 4.90 Å². The van der Waals surface area contributed by atoms with Gasteiger partial charge in [0.25, 0.3) is 0 Å². The van der Waals surface area contributed by atoms with E-state index in [1.807, 2.05) is 20.8 Å². The van der Waals surface area contributed by atoms with E-state index in [1.165, 1.54) is 18.4 Å². The molecule has 0 aromatic heterocycles. The molecule has 1 heterocycles. The summed E-state index contributed by atoms with van der Waals surface area (Å²) in [4.78, 5) is 13.8. The number of benzene rings is 1. The van der Waals surface area contributed by atoms with Crippen molar-refractivity contribution in [2.75, 3.05) is 13.1 Å². The zero-order chi connectivity index (χ0) is 16.4. The molecule has 1 saturated carbocycles. The van der Waals surface area contributed by atoms with Gasteiger partial charge in [0.15, 0.2) is 0 Å².